The number of amides is 2. The van der Waals surface area contributed by atoms with Crippen LogP contribution >= 0.6 is 11.8 Å². The van der Waals surface area contributed by atoms with Gasteiger partial charge in [-0.15, -0.1) is 0 Å². The predicted molar refractivity (Wildman–Crippen MR) is 127 cm³/mol. The van der Waals surface area contributed by atoms with Crippen LogP contribution in [0.1, 0.15) is 22.5 Å². The molecule has 3 N–H and O–H groups in total. The van der Waals surface area contributed by atoms with Gasteiger partial charge >= 0.3 is 6.18 Å². The molecule has 0 aliphatic heterocycles. The summed E-state index contributed by atoms with van der Waals surface area (Å²) in [7, 11) is 0. The largest absolute Gasteiger partial charge is 0.417 e. The first-order chi connectivity index (χ1) is 16.3. The number of nitrogens with zero attached hydrogens (tertiary/aromatic N) is 2. The average molecular weight is 492 g/mol. The Morgan fingerprint density at radius 2 is 1.85 bits per heavy atom. The van der Waals surface area contributed by atoms with Crippen molar-refractivity contribution in [2.75, 3.05) is 30.4 Å². The van der Waals surface area contributed by atoms with Crippen LogP contribution in [-0.4, -0.2) is 52.9 Å². The average Bonchev–Trinajstić information content (AvgIpc) is 2.83. The highest BCUT2D eigenvalue weighted by Crippen LogP contribution is 2.28. The van der Waals surface area contributed by atoms with Crippen LogP contribution in [-0.2, 0) is 11.0 Å². The first kappa shape index (κ1) is 25.3. The molecule has 1 unspecified atom stereocenters. The highest BCUT2D eigenvalue weighted by Gasteiger charge is 2.30. The summed E-state index contributed by atoms with van der Waals surface area (Å²) in [5, 5.41) is 9.23. The normalized spacial score (nSPS) is 12.2. The topological polar surface area (TPSA) is 96.0 Å². The number of nitrogens with one attached hydrogen (secondary N) is 3. The van der Waals surface area contributed by atoms with E-state index >= 15 is 0 Å². The molecule has 1 aromatic carbocycles. The molecule has 0 radical (unpaired) electrons. The van der Waals surface area contributed by atoms with Gasteiger partial charge in [-0.25, -0.2) is 9.97 Å². The number of hydrogen-bond donors (Lipinski definition) is 3. The number of hydrogen-bond acceptors (Lipinski definition) is 6. The Bertz CT molecular complexity index is 1130. The van der Waals surface area contributed by atoms with Crippen LogP contribution in [0.15, 0.2) is 54.7 Å². The van der Waals surface area contributed by atoms with E-state index in [-0.39, 0.29) is 30.5 Å². The number of halogens is 3. The molecular weight excluding hydrogens is 467 g/mol. The lowest BCUT2D eigenvalue weighted by Gasteiger charge is -2.18. The fourth-order valence-corrected chi connectivity index (χ4v) is 3.57. The smallest absolute Gasteiger partial charge is 0.368 e. The second kappa shape index (κ2) is 11.7. The maximum atomic E-state index is 12.7. The van der Waals surface area contributed by atoms with Gasteiger partial charge in [-0.05, 0) is 42.7 Å². The summed E-state index contributed by atoms with van der Waals surface area (Å²) in [6, 6.07) is 12.2. The summed E-state index contributed by atoms with van der Waals surface area (Å²) < 4.78 is 37.8. The molecule has 0 fully saturated rings. The summed E-state index contributed by atoms with van der Waals surface area (Å²) in [4.78, 5) is 33.5. The summed E-state index contributed by atoms with van der Waals surface area (Å²) in [5.41, 5.74) is 0.0681. The van der Waals surface area contributed by atoms with Crippen molar-refractivity contribution in [2.24, 2.45) is 0 Å². The van der Waals surface area contributed by atoms with Crippen molar-refractivity contribution >= 4 is 40.3 Å². The van der Waals surface area contributed by atoms with Gasteiger partial charge in [-0.1, -0.05) is 24.3 Å². The molecule has 1 atom stereocenters. The van der Waals surface area contributed by atoms with Crippen molar-refractivity contribution in [3.05, 3.63) is 66.0 Å². The van der Waals surface area contributed by atoms with Crippen LogP contribution in [0.5, 0.6) is 0 Å². The predicted octanol–water partition coefficient (Wildman–Crippen LogP) is 3.73. The van der Waals surface area contributed by atoms with Crippen molar-refractivity contribution in [1.82, 2.24) is 20.6 Å². The van der Waals surface area contributed by atoms with E-state index in [4.69, 9.17) is 0 Å². The Balaban J connectivity index is 1.53. The van der Waals surface area contributed by atoms with Crippen molar-refractivity contribution < 1.29 is 22.8 Å². The number of anilines is 1. The molecule has 2 heterocycles. The monoisotopic (exact) mass is 491 g/mol. The van der Waals surface area contributed by atoms with Gasteiger partial charge < -0.3 is 16.0 Å². The molecule has 0 aliphatic carbocycles. The van der Waals surface area contributed by atoms with Crippen LogP contribution in [0.4, 0.5) is 19.0 Å². The van der Waals surface area contributed by atoms with Gasteiger partial charge in [0.25, 0.3) is 5.91 Å². The summed E-state index contributed by atoms with van der Waals surface area (Å²) in [6.45, 7) is 0.445. The molecular formula is C23H24F3N5O2S. The number of benzene rings is 1. The van der Waals surface area contributed by atoms with Gasteiger partial charge in [-0.2, -0.15) is 24.9 Å². The van der Waals surface area contributed by atoms with E-state index in [1.165, 1.54) is 6.07 Å². The molecule has 11 heteroatoms. The Kier molecular flexibility index (Phi) is 8.69. The van der Waals surface area contributed by atoms with Crippen molar-refractivity contribution in [1.29, 1.82) is 0 Å². The van der Waals surface area contributed by atoms with E-state index in [0.717, 1.165) is 17.6 Å². The SMILES string of the molecule is CSCCC(NC(=O)c1ccc2ccccc2n1)C(=O)NCCNc1ccc(C(F)(F)F)cn1. The van der Waals surface area contributed by atoms with Gasteiger partial charge in [0.2, 0.25) is 5.91 Å². The van der Waals surface area contributed by atoms with Crippen LogP contribution < -0.4 is 16.0 Å². The fourth-order valence-electron chi connectivity index (χ4n) is 3.09. The van der Waals surface area contributed by atoms with E-state index in [1.807, 2.05) is 30.5 Å². The van der Waals surface area contributed by atoms with E-state index in [0.29, 0.717) is 17.7 Å². The zero-order valence-corrected chi connectivity index (χ0v) is 19.2. The number of aromatic nitrogens is 2. The van der Waals surface area contributed by atoms with Gasteiger partial charge in [-0.3, -0.25) is 9.59 Å². The number of carbonyl (C=O) groups excluding carboxylic acids is 2. The Hall–Kier alpha value is -3.34. The lowest BCUT2D eigenvalue weighted by atomic mass is 10.1. The standard InChI is InChI=1S/C23H24F3N5O2S/c1-34-13-10-19(31-22(33)18-8-6-15-4-2-3-5-17(15)30-18)21(32)28-12-11-27-20-9-7-16(14-29-20)23(24,25)26/h2-9,14,19H,10-13H2,1H3,(H,27,29)(H,28,32)(H,31,33). The summed E-state index contributed by atoms with van der Waals surface area (Å²) in [6.07, 6.45) is -1.36. The third-order valence-electron chi connectivity index (χ3n) is 4.88. The van der Waals surface area contributed by atoms with Crippen LogP contribution in [0.25, 0.3) is 10.9 Å². The maximum Gasteiger partial charge on any atom is 0.417 e. The third kappa shape index (κ3) is 7.08. The summed E-state index contributed by atoms with van der Waals surface area (Å²) >= 11 is 1.55. The lowest BCUT2D eigenvalue weighted by Crippen LogP contribution is -2.48. The second-order valence-corrected chi connectivity index (χ2v) is 8.33. The maximum absolute atomic E-state index is 12.7. The molecule has 3 aromatic rings. The summed E-state index contributed by atoms with van der Waals surface area (Å²) in [5.74, 6) is 0.123. The van der Waals surface area contributed by atoms with E-state index in [2.05, 4.69) is 25.9 Å². The van der Waals surface area contributed by atoms with Gasteiger partial charge in [0, 0.05) is 24.7 Å². The highest BCUT2D eigenvalue weighted by atomic mass is 32.2. The second-order valence-electron chi connectivity index (χ2n) is 7.34. The van der Waals surface area contributed by atoms with Crippen molar-refractivity contribution in [3.8, 4) is 0 Å². The van der Waals surface area contributed by atoms with Gasteiger partial charge in [0.1, 0.15) is 17.6 Å². The number of thioether (sulfide) groups is 1. The molecule has 7 nitrogen and oxygen atoms in total. The molecule has 0 aliphatic rings. The van der Waals surface area contributed by atoms with Crippen molar-refractivity contribution in [3.63, 3.8) is 0 Å². The minimum atomic E-state index is -4.45. The molecule has 34 heavy (non-hydrogen) atoms. The third-order valence-corrected chi connectivity index (χ3v) is 5.53. The Labute approximate surface area is 198 Å². The van der Waals surface area contributed by atoms with Crippen LogP contribution in [0.3, 0.4) is 0 Å². The molecule has 2 amide bonds. The zero-order chi connectivity index (χ0) is 24.6. The quantitative estimate of drug-likeness (QED) is 0.374. The van der Waals surface area contributed by atoms with Crippen LogP contribution in [0, 0.1) is 0 Å². The fraction of sp³-hybridized carbons (Fsp3) is 0.304. The van der Waals surface area contributed by atoms with E-state index in [1.54, 1.807) is 23.9 Å². The Morgan fingerprint density at radius 3 is 2.56 bits per heavy atom. The van der Waals surface area contributed by atoms with E-state index in [9.17, 15) is 22.8 Å². The minimum absolute atomic E-state index is 0.196. The highest BCUT2D eigenvalue weighted by molar-refractivity contribution is 7.98. The first-order valence-electron chi connectivity index (χ1n) is 10.5. The first-order valence-corrected chi connectivity index (χ1v) is 11.9. The van der Waals surface area contributed by atoms with Gasteiger partial charge in [0.15, 0.2) is 0 Å². The molecule has 0 bridgehead atoms. The number of rotatable bonds is 10. The van der Waals surface area contributed by atoms with E-state index < -0.39 is 23.7 Å². The molecule has 0 spiro atoms. The minimum Gasteiger partial charge on any atom is -0.368 e. The van der Waals surface area contributed by atoms with Gasteiger partial charge in [0.05, 0.1) is 11.1 Å². The number of para-hydroxylation sites is 1. The van der Waals surface area contributed by atoms with Crippen LogP contribution in [0.2, 0.25) is 0 Å². The number of pyridine rings is 2. The lowest BCUT2D eigenvalue weighted by molar-refractivity contribution is -0.137. The molecule has 2 aromatic heterocycles. The zero-order valence-electron chi connectivity index (χ0n) is 18.4. The van der Waals surface area contributed by atoms with Crippen molar-refractivity contribution in [2.45, 2.75) is 18.6 Å². The number of fused-ring (bicyclic) bond motifs is 1. The molecule has 0 saturated heterocycles. The number of alkyl halides is 3. The Morgan fingerprint density at radius 1 is 1.06 bits per heavy atom. The molecule has 0 saturated carbocycles. The molecule has 3 rings (SSSR count). The number of carbonyl (C=O) groups is 2. The molecule has 180 valence electrons.